The first-order valence-electron chi connectivity index (χ1n) is 7.29. The fourth-order valence-electron chi connectivity index (χ4n) is 2.20. The zero-order valence-electron chi connectivity index (χ0n) is 13.1. The van der Waals surface area contributed by atoms with Crippen molar-refractivity contribution in [2.45, 2.75) is 33.7 Å². The minimum atomic E-state index is 0.656. The number of halogens is 1. The Morgan fingerprint density at radius 3 is 2.64 bits per heavy atom. The van der Waals surface area contributed by atoms with Crippen molar-refractivity contribution < 1.29 is 0 Å². The maximum Gasteiger partial charge on any atom is 0.170 e. The summed E-state index contributed by atoms with van der Waals surface area (Å²) in [5.41, 5.74) is 4.42. The summed E-state index contributed by atoms with van der Waals surface area (Å²) in [5, 5.41) is 11.6. The highest BCUT2D eigenvalue weighted by Crippen LogP contribution is 2.19. The number of anilines is 1. The van der Waals surface area contributed by atoms with E-state index < -0.39 is 0 Å². The lowest BCUT2D eigenvalue weighted by Gasteiger charge is -2.12. The van der Waals surface area contributed by atoms with Crippen molar-refractivity contribution in [1.82, 2.24) is 15.1 Å². The van der Waals surface area contributed by atoms with Crippen LogP contribution in [0.5, 0.6) is 0 Å². The van der Waals surface area contributed by atoms with Crippen LogP contribution < -0.4 is 10.6 Å². The average Bonchev–Trinajstić information content (AvgIpc) is 2.73. The Balaban J connectivity index is 1.76. The van der Waals surface area contributed by atoms with Crippen molar-refractivity contribution in [3.8, 4) is 0 Å². The number of nitrogens with zero attached hydrogens (tertiary/aromatic N) is 2. The molecule has 0 saturated heterocycles. The van der Waals surface area contributed by atoms with Gasteiger partial charge in [0.15, 0.2) is 5.11 Å². The lowest BCUT2D eigenvalue weighted by Crippen LogP contribution is -2.30. The van der Waals surface area contributed by atoms with Gasteiger partial charge in [-0.25, -0.2) is 0 Å². The molecule has 1 aromatic heterocycles. The van der Waals surface area contributed by atoms with Gasteiger partial charge in [0.25, 0.3) is 0 Å². The Bertz CT molecular complexity index is 666. The summed E-state index contributed by atoms with van der Waals surface area (Å²) >= 11 is 8.87. The fraction of sp³-hybridized carbons (Fsp3) is 0.375. The molecule has 2 N–H and O–H groups in total. The molecule has 0 atom stereocenters. The average molecular weight is 381 g/mol. The molecule has 6 heteroatoms. The van der Waals surface area contributed by atoms with Gasteiger partial charge in [-0.05, 0) is 67.0 Å². The number of aryl methyl sites for hydroxylation is 3. The van der Waals surface area contributed by atoms with Gasteiger partial charge in [0, 0.05) is 24.5 Å². The van der Waals surface area contributed by atoms with Crippen LogP contribution in [0.4, 0.5) is 5.69 Å². The molecule has 2 rings (SSSR count). The van der Waals surface area contributed by atoms with E-state index in [4.69, 9.17) is 12.2 Å². The van der Waals surface area contributed by atoms with Gasteiger partial charge in [-0.2, -0.15) is 5.10 Å². The summed E-state index contributed by atoms with van der Waals surface area (Å²) in [6.45, 7) is 7.83. The van der Waals surface area contributed by atoms with Crippen molar-refractivity contribution in [2.75, 3.05) is 11.9 Å². The number of aromatic nitrogens is 2. The maximum absolute atomic E-state index is 5.32. The number of rotatable bonds is 5. The minimum Gasteiger partial charge on any atom is -0.362 e. The summed E-state index contributed by atoms with van der Waals surface area (Å²) in [5.74, 6) is 0. The fourth-order valence-corrected chi connectivity index (χ4v) is 2.70. The smallest absolute Gasteiger partial charge is 0.170 e. The summed E-state index contributed by atoms with van der Waals surface area (Å²) < 4.78 is 3.12. The predicted octanol–water partition coefficient (Wildman–Crippen LogP) is 3.95. The van der Waals surface area contributed by atoms with Crippen LogP contribution >= 0.6 is 28.1 Å². The van der Waals surface area contributed by atoms with Gasteiger partial charge in [0.2, 0.25) is 0 Å². The quantitative estimate of drug-likeness (QED) is 0.608. The number of hydrogen-bond acceptors (Lipinski definition) is 2. The van der Waals surface area contributed by atoms with E-state index in [1.807, 2.05) is 29.8 Å². The Morgan fingerprint density at radius 2 is 2.00 bits per heavy atom. The highest BCUT2D eigenvalue weighted by molar-refractivity contribution is 9.10. The van der Waals surface area contributed by atoms with E-state index in [-0.39, 0.29) is 0 Å². The van der Waals surface area contributed by atoms with Crippen molar-refractivity contribution in [3.63, 3.8) is 0 Å². The van der Waals surface area contributed by atoms with Crippen LogP contribution in [-0.2, 0) is 6.54 Å². The summed E-state index contributed by atoms with van der Waals surface area (Å²) in [7, 11) is 0. The van der Waals surface area contributed by atoms with Gasteiger partial charge in [0.05, 0.1) is 10.2 Å². The summed E-state index contributed by atoms with van der Waals surface area (Å²) in [6.07, 6.45) is 0.962. The molecule has 0 amide bonds. The number of para-hydroxylation sites is 1. The first kappa shape index (κ1) is 17.0. The highest BCUT2D eigenvalue weighted by atomic mass is 79.9. The third-order valence-electron chi connectivity index (χ3n) is 3.52. The van der Waals surface area contributed by atoms with E-state index in [2.05, 4.69) is 51.6 Å². The minimum absolute atomic E-state index is 0.656. The van der Waals surface area contributed by atoms with Crippen molar-refractivity contribution in [2.24, 2.45) is 0 Å². The second-order valence-electron chi connectivity index (χ2n) is 5.26. The maximum atomic E-state index is 5.32. The second kappa shape index (κ2) is 7.74. The van der Waals surface area contributed by atoms with Crippen LogP contribution in [0, 0.1) is 20.8 Å². The molecule has 0 aliphatic carbocycles. The van der Waals surface area contributed by atoms with Crippen molar-refractivity contribution in [1.29, 1.82) is 0 Å². The molecule has 22 heavy (non-hydrogen) atoms. The lowest BCUT2D eigenvalue weighted by molar-refractivity contribution is 0.558. The molecule has 0 aliphatic heterocycles. The topological polar surface area (TPSA) is 41.9 Å². The monoisotopic (exact) mass is 380 g/mol. The zero-order valence-corrected chi connectivity index (χ0v) is 15.5. The van der Waals surface area contributed by atoms with Gasteiger partial charge in [-0.15, -0.1) is 0 Å². The van der Waals surface area contributed by atoms with E-state index in [1.54, 1.807) is 0 Å². The van der Waals surface area contributed by atoms with Gasteiger partial charge in [-0.1, -0.05) is 18.2 Å². The molecule has 0 spiro atoms. The SMILES string of the molecule is Cc1ccccc1NC(=S)NCCCn1nc(C)c(Br)c1C. The number of hydrogen-bond donors (Lipinski definition) is 2. The molecule has 0 bridgehead atoms. The standard InChI is InChI=1S/C16H21BrN4S/c1-11-7-4-5-8-14(11)19-16(22)18-9-6-10-21-13(3)15(17)12(2)20-21/h4-5,7-8H,6,9-10H2,1-3H3,(H2,18,19,22). The Hall–Kier alpha value is -1.40. The van der Waals surface area contributed by atoms with E-state index in [0.29, 0.717) is 5.11 Å². The molecule has 0 saturated carbocycles. The van der Waals surface area contributed by atoms with Crippen molar-refractivity contribution >= 4 is 38.9 Å². The molecule has 1 heterocycles. The third kappa shape index (κ3) is 4.30. The molecule has 0 fully saturated rings. The second-order valence-corrected chi connectivity index (χ2v) is 6.46. The first-order chi connectivity index (χ1) is 10.5. The lowest BCUT2D eigenvalue weighted by atomic mass is 10.2. The molecule has 1 aromatic carbocycles. The van der Waals surface area contributed by atoms with E-state index in [0.717, 1.165) is 41.1 Å². The van der Waals surface area contributed by atoms with Gasteiger partial charge < -0.3 is 10.6 Å². The summed E-state index contributed by atoms with van der Waals surface area (Å²) in [6, 6.07) is 8.10. The molecule has 0 radical (unpaired) electrons. The number of benzene rings is 1. The van der Waals surface area contributed by atoms with Crippen LogP contribution in [0.15, 0.2) is 28.7 Å². The highest BCUT2D eigenvalue weighted by Gasteiger charge is 2.08. The number of nitrogens with one attached hydrogen (secondary N) is 2. The third-order valence-corrected chi connectivity index (χ3v) is 4.91. The van der Waals surface area contributed by atoms with Gasteiger partial charge in [0.1, 0.15) is 0 Å². The van der Waals surface area contributed by atoms with Crippen LogP contribution in [0.2, 0.25) is 0 Å². The molecule has 0 unspecified atom stereocenters. The van der Waals surface area contributed by atoms with Crippen LogP contribution in [0.25, 0.3) is 0 Å². The molecule has 0 aliphatic rings. The Kier molecular flexibility index (Phi) is 5.97. The van der Waals surface area contributed by atoms with E-state index in [9.17, 15) is 0 Å². The van der Waals surface area contributed by atoms with Crippen molar-refractivity contribution in [3.05, 3.63) is 45.7 Å². The first-order valence-corrected chi connectivity index (χ1v) is 8.49. The van der Waals surface area contributed by atoms with Crippen LogP contribution in [-0.4, -0.2) is 21.4 Å². The molecule has 2 aromatic rings. The molecular formula is C16H21BrN4S. The Morgan fingerprint density at radius 1 is 1.27 bits per heavy atom. The van der Waals surface area contributed by atoms with Gasteiger partial charge >= 0.3 is 0 Å². The molecular weight excluding hydrogens is 360 g/mol. The van der Waals surface area contributed by atoms with E-state index >= 15 is 0 Å². The normalized spacial score (nSPS) is 10.5. The Labute approximate surface area is 145 Å². The largest absolute Gasteiger partial charge is 0.362 e. The van der Waals surface area contributed by atoms with E-state index in [1.165, 1.54) is 5.56 Å². The zero-order chi connectivity index (χ0) is 16.1. The van der Waals surface area contributed by atoms with Crippen LogP contribution in [0.1, 0.15) is 23.4 Å². The van der Waals surface area contributed by atoms with Gasteiger partial charge in [-0.3, -0.25) is 4.68 Å². The number of thiocarbonyl (C=S) groups is 1. The predicted molar refractivity (Wildman–Crippen MR) is 99.4 cm³/mol. The molecule has 4 nitrogen and oxygen atoms in total. The van der Waals surface area contributed by atoms with Crippen LogP contribution in [0.3, 0.4) is 0 Å². The molecule has 118 valence electrons. The summed E-state index contributed by atoms with van der Waals surface area (Å²) in [4.78, 5) is 0.